The van der Waals surface area contributed by atoms with E-state index in [1.807, 2.05) is 13.0 Å². The van der Waals surface area contributed by atoms with Gasteiger partial charge < -0.3 is 4.90 Å². The van der Waals surface area contributed by atoms with Crippen molar-refractivity contribution in [2.24, 2.45) is 16.8 Å². The fourth-order valence-electron chi connectivity index (χ4n) is 4.27. The molecule has 2 aliphatic rings. The number of fused-ring (bicyclic) bond motifs is 3. The summed E-state index contributed by atoms with van der Waals surface area (Å²) in [6.07, 6.45) is 7.53. The molecule has 0 N–H and O–H groups in total. The van der Waals surface area contributed by atoms with Crippen LogP contribution >= 0.6 is 0 Å². The molecular formula is C20H29N3O2. The number of nitrogens with zero attached hydrogens (tertiary/aromatic N) is 3. The maximum Gasteiger partial charge on any atom is 0.269 e. The molecule has 3 rings (SSSR count). The van der Waals surface area contributed by atoms with Crippen LogP contribution in [0.5, 0.6) is 0 Å². The number of nitro groups is 1. The van der Waals surface area contributed by atoms with E-state index in [0.717, 1.165) is 17.8 Å². The van der Waals surface area contributed by atoms with Crippen molar-refractivity contribution in [1.82, 2.24) is 4.90 Å². The second kappa shape index (κ2) is 7.54. The van der Waals surface area contributed by atoms with Crippen LogP contribution in [0.1, 0.15) is 57.9 Å². The predicted molar refractivity (Wildman–Crippen MR) is 101 cm³/mol. The lowest BCUT2D eigenvalue weighted by molar-refractivity contribution is -0.384. The Labute approximate surface area is 150 Å². The van der Waals surface area contributed by atoms with Crippen LogP contribution in [0.25, 0.3) is 0 Å². The minimum absolute atomic E-state index is 0.139. The van der Waals surface area contributed by atoms with Gasteiger partial charge in [0.15, 0.2) is 0 Å². The van der Waals surface area contributed by atoms with Crippen molar-refractivity contribution in [3.63, 3.8) is 0 Å². The van der Waals surface area contributed by atoms with Crippen LogP contribution in [0.2, 0.25) is 0 Å². The first-order valence-corrected chi connectivity index (χ1v) is 9.56. The van der Waals surface area contributed by atoms with Crippen LogP contribution < -0.4 is 0 Å². The van der Waals surface area contributed by atoms with Gasteiger partial charge in [-0.25, -0.2) is 4.99 Å². The van der Waals surface area contributed by atoms with Gasteiger partial charge in [0.05, 0.1) is 10.6 Å². The van der Waals surface area contributed by atoms with Gasteiger partial charge in [-0.2, -0.15) is 0 Å². The van der Waals surface area contributed by atoms with Gasteiger partial charge in [-0.1, -0.05) is 26.7 Å². The Balaban J connectivity index is 2.00. The molecule has 25 heavy (non-hydrogen) atoms. The minimum atomic E-state index is -0.340. The molecular weight excluding hydrogens is 314 g/mol. The lowest BCUT2D eigenvalue weighted by atomic mass is 9.92. The van der Waals surface area contributed by atoms with Gasteiger partial charge in [-0.05, 0) is 50.2 Å². The van der Waals surface area contributed by atoms with E-state index in [1.54, 1.807) is 12.1 Å². The number of rotatable bonds is 4. The molecule has 0 spiro atoms. The van der Waals surface area contributed by atoms with Gasteiger partial charge in [-0.15, -0.1) is 0 Å². The first kappa shape index (κ1) is 17.9. The molecule has 0 amide bonds. The molecule has 2 heterocycles. The summed E-state index contributed by atoms with van der Waals surface area (Å²) in [6.45, 7) is 7.50. The monoisotopic (exact) mass is 343 g/mol. The maximum absolute atomic E-state index is 11.0. The normalized spacial score (nSPS) is 25.3. The number of aryl methyl sites for hydroxylation is 1. The number of nitro benzene ring substituents is 1. The van der Waals surface area contributed by atoms with Gasteiger partial charge in [0.2, 0.25) is 0 Å². The van der Waals surface area contributed by atoms with Gasteiger partial charge in [0.25, 0.3) is 5.69 Å². The average molecular weight is 343 g/mol. The van der Waals surface area contributed by atoms with E-state index in [-0.39, 0.29) is 10.6 Å². The second-order valence-electron chi connectivity index (χ2n) is 7.96. The Bertz CT molecular complexity index is 659. The smallest absolute Gasteiger partial charge is 0.269 e. The Hall–Kier alpha value is -1.91. The Morgan fingerprint density at radius 1 is 1.24 bits per heavy atom. The van der Waals surface area contributed by atoms with E-state index in [0.29, 0.717) is 17.9 Å². The van der Waals surface area contributed by atoms with Crippen LogP contribution in [0.15, 0.2) is 23.2 Å². The highest BCUT2D eigenvalue weighted by Gasteiger charge is 2.34. The molecule has 2 bridgehead atoms. The summed E-state index contributed by atoms with van der Waals surface area (Å²) in [5, 5.41) is 11.0. The second-order valence-corrected chi connectivity index (χ2v) is 7.96. The van der Waals surface area contributed by atoms with Crippen molar-refractivity contribution in [1.29, 1.82) is 0 Å². The number of hydrogen-bond acceptors (Lipinski definition) is 3. The maximum atomic E-state index is 11.0. The lowest BCUT2D eigenvalue weighted by Gasteiger charge is -2.34. The minimum Gasteiger partial charge on any atom is -0.357 e. The Morgan fingerprint density at radius 2 is 1.92 bits per heavy atom. The zero-order chi connectivity index (χ0) is 18.0. The average Bonchev–Trinajstić information content (AvgIpc) is 2.76. The van der Waals surface area contributed by atoms with Gasteiger partial charge in [0, 0.05) is 30.6 Å². The van der Waals surface area contributed by atoms with Crippen molar-refractivity contribution in [2.45, 2.75) is 65.3 Å². The molecule has 136 valence electrons. The molecule has 2 aliphatic heterocycles. The molecule has 0 unspecified atom stereocenters. The fraction of sp³-hybridized carbons (Fsp3) is 0.650. The van der Waals surface area contributed by atoms with Crippen molar-refractivity contribution in [2.75, 3.05) is 6.54 Å². The summed E-state index contributed by atoms with van der Waals surface area (Å²) in [6, 6.07) is 5.62. The molecule has 2 saturated heterocycles. The number of benzene rings is 1. The highest BCUT2D eigenvalue weighted by molar-refractivity contribution is 5.88. The first-order valence-electron chi connectivity index (χ1n) is 9.56. The number of amidine groups is 1. The van der Waals surface area contributed by atoms with E-state index < -0.39 is 0 Å². The van der Waals surface area contributed by atoms with Crippen LogP contribution in [0, 0.1) is 28.9 Å². The van der Waals surface area contributed by atoms with Gasteiger partial charge in [-0.3, -0.25) is 10.1 Å². The van der Waals surface area contributed by atoms with Crippen LogP contribution in [-0.4, -0.2) is 28.2 Å². The topological polar surface area (TPSA) is 58.7 Å². The van der Waals surface area contributed by atoms with Crippen LogP contribution in [0.3, 0.4) is 0 Å². The summed E-state index contributed by atoms with van der Waals surface area (Å²) in [7, 11) is 0. The van der Waals surface area contributed by atoms with E-state index in [4.69, 9.17) is 4.99 Å². The van der Waals surface area contributed by atoms with E-state index >= 15 is 0 Å². The molecule has 0 aromatic heterocycles. The molecule has 5 heteroatoms. The molecule has 0 aliphatic carbocycles. The lowest BCUT2D eigenvalue weighted by Crippen LogP contribution is -2.42. The summed E-state index contributed by atoms with van der Waals surface area (Å²) in [4.78, 5) is 18.3. The van der Waals surface area contributed by atoms with Crippen molar-refractivity contribution in [3.05, 3.63) is 33.9 Å². The summed E-state index contributed by atoms with van der Waals surface area (Å²) in [5.41, 5.74) is 1.90. The highest BCUT2D eigenvalue weighted by atomic mass is 16.6. The third-order valence-electron chi connectivity index (χ3n) is 5.47. The van der Waals surface area contributed by atoms with Crippen molar-refractivity contribution >= 4 is 17.2 Å². The Morgan fingerprint density at radius 3 is 2.48 bits per heavy atom. The zero-order valence-electron chi connectivity index (χ0n) is 15.6. The van der Waals surface area contributed by atoms with Crippen LogP contribution in [0.4, 0.5) is 11.4 Å². The fourth-order valence-corrected chi connectivity index (χ4v) is 4.27. The largest absolute Gasteiger partial charge is 0.357 e. The van der Waals surface area contributed by atoms with Crippen molar-refractivity contribution < 1.29 is 4.92 Å². The quantitative estimate of drug-likeness (QED) is 0.554. The molecule has 0 atom stereocenters. The number of non-ortho nitro benzene ring substituents is 1. The molecule has 0 radical (unpaired) electrons. The Kier molecular flexibility index (Phi) is 5.40. The predicted octanol–water partition coefficient (Wildman–Crippen LogP) is 5.24. The molecule has 1 aromatic rings. The SMILES string of the molecule is Cc1cc([N+](=O)[O-])ccc1N=C1C2CCCC(CCC2)N1CC(C)C. The highest BCUT2D eigenvalue weighted by Crippen LogP contribution is 2.36. The third-order valence-corrected chi connectivity index (χ3v) is 5.47. The van der Waals surface area contributed by atoms with Gasteiger partial charge >= 0.3 is 0 Å². The zero-order valence-corrected chi connectivity index (χ0v) is 15.6. The molecule has 1 aromatic carbocycles. The summed E-state index contributed by atoms with van der Waals surface area (Å²) < 4.78 is 0. The van der Waals surface area contributed by atoms with Crippen molar-refractivity contribution in [3.8, 4) is 0 Å². The third kappa shape index (κ3) is 4.02. The standard InChI is InChI=1S/C20H29N3O2/c1-14(2)13-22-17-8-4-6-16(7-5-9-17)20(22)21-19-11-10-18(23(24)25)12-15(19)3/h10-12,14,16-17H,4-9,13H2,1-3H3. The molecule has 2 fully saturated rings. The first-order chi connectivity index (χ1) is 12.0. The van der Waals surface area contributed by atoms with Crippen LogP contribution in [-0.2, 0) is 0 Å². The van der Waals surface area contributed by atoms with E-state index in [2.05, 4.69) is 18.7 Å². The number of aliphatic imine (C=N–C) groups is 1. The molecule has 5 nitrogen and oxygen atoms in total. The van der Waals surface area contributed by atoms with E-state index in [9.17, 15) is 10.1 Å². The summed E-state index contributed by atoms with van der Waals surface area (Å²) >= 11 is 0. The molecule has 0 saturated carbocycles. The summed E-state index contributed by atoms with van der Waals surface area (Å²) in [5.74, 6) is 2.36. The number of hydrogen-bond donors (Lipinski definition) is 0. The van der Waals surface area contributed by atoms with E-state index in [1.165, 1.54) is 44.4 Å². The van der Waals surface area contributed by atoms with Gasteiger partial charge in [0.1, 0.15) is 5.84 Å².